The monoisotopic (exact) mass is 242 g/mol. The first-order chi connectivity index (χ1) is 8.56. The van der Waals surface area contributed by atoms with Crippen LogP contribution in [0.2, 0.25) is 0 Å². The number of nitrogens with zero attached hydrogens (tertiary/aromatic N) is 2. The van der Waals surface area contributed by atoms with Gasteiger partial charge < -0.3 is 10.2 Å². The molecule has 2 aromatic carbocycles. The van der Waals surface area contributed by atoms with Gasteiger partial charge in [0.25, 0.3) is 0 Å². The summed E-state index contributed by atoms with van der Waals surface area (Å²) < 4.78 is 0. The molecule has 0 unspecified atom stereocenters. The van der Waals surface area contributed by atoms with E-state index in [4.69, 9.17) is 0 Å². The van der Waals surface area contributed by atoms with Gasteiger partial charge in [-0.3, -0.25) is 0 Å². The number of hydrogen-bond donors (Lipinski definition) is 2. The fourth-order valence-corrected chi connectivity index (χ4v) is 1.53. The second-order valence-electron chi connectivity index (χ2n) is 4.18. The zero-order valence-corrected chi connectivity index (χ0v) is 10.3. The van der Waals surface area contributed by atoms with Crippen molar-refractivity contribution in [1.29, 1.82) is 0 Å². The zero-order chi connectivity index (χ0) is 13.1. The SMILES string of the molecule is Cc1ccc(O)c(N=Nc2cc(C)ccc2O)c1. The van der Waals surface area contributed by atoms with Gasteiger partial charge in [-0.1, -0.05) is 12.1 Å². The van der Waals surface area contributed by atoms with Crippen LogP contribution in [0.5, 0.6) is 11.5 Å². The number of aryl methyl sites for hydroxylation is 2. The summed E-state index contributed by atoms with van der Waals surface area (Å²) in [6, 6.07) is 10.2. The maximum absolute atomic E-state index is 9.62. The zero-order valence-electron chi connectivity index (χ0n) is 10.3. The molecular formula is C14H14N2O2. The van der Waals surface area contributed by atoms with Crippen LogP contribution in [0.3, 0.4) is 0 Å². The lowest BCUT2D eigenvalue weighted by Crippen LogP contribution is -1.74. The van der Waals surface area contributed by atoms with Gasteiger partial charge in [-0.2, -0.15) is 0 Å². The first-order valence-electron chi connectivity index (χ1n) is 5.57. The van der Waals surface area contributed by atoms with Crippen LogP contribution >= 0.6 is 0 Å². The molecule has 92 valence electrons. The van der Waals surface area contributed by atoms with Crippen LogP contribution < -0.4 is 0 Å². The van der Waals surface area contributed by atoms with Crippen molar-refractivity contribution in [3.8, 4) is 11.5 Å². The van der Waals surface area contributed by atoms with E-state index in [1.54, 1.807) is 36.4 Å². The lowest BCUT2D eigenvalue weighted by atomic mass is 10.2. The van der Waals surface area contributed by atoms with Gasteiger partial charge in [-0.05, 0) is 49.2 Å². The van der Waals surface area contributed by atoms with Crippen LogP contribution in [0, 0.1) is 13.8 Å². The van der Waals surface area contributed by atoms with E-state index >= 15 is 0 Å². The van der Waals surface area contributed by atoms with Gasteiger partial charge in [0.1, 0.15) is 22.9 Å². The van der Waals surface area contributed by atoms with Crippen molar-refractivity contribution in [2.24, 2.45) is 10.2 Å². The highest BCUT2D eigenvalue weighted by atomic mass is 16.3. The molecule has 0 spiro atoms. The van der Waals surface area contributed by atoms with Gasteiger partial charge in [0.05, 0.1) is 0 Å². The Bertz CT molecular complexity index is 553. The third-order valence-electron chi connectivity index (χ3n) is 2.53. The molecule has 4 heteroatoms. The van der Waals surface area contributed by atoms with Gasteiger partial charge in [-0.25, -0.2) is 0 Å². The van der Waals surface area contributed by atoms with E-state index in [9.17, 15) is 10.2 Å². The molecule has 0 aliphatic carbocycles. The minimum atomic E-state index is 0.0662. The van der Waals surface area contributed by atoms with E-state index in [0.29, 0.717) is 11.4 Å². The lowest BCUT2D eigenvalue weighted by molar-refractivity contribution is 0.473. The maximum atomic E-state index is 9.62. The molecule has 0 aliphatic rings. The van der Waals surface area contributed by atoms with E-state index in [1.807, 2.05) is 13.8 Å². The average molecular weight is 242 g/mol. The molecule has 0 saturated carbocycles. The summed E-state index contributed by atoms with van der Waals surface area (Å²) in [6.07, 6.45) is 0. The van der Waals surface area contributed by atoms with E-state index in [-0.39, 0.29) is 11.5 Å². The Hall–Kier alpha value is -2.36. The van der Waals surface area contributed by atoms with Crippen LogP contribution in [0.25, 0.3) is 0 Å². The predicted molar refractivity (Wildman–Crippen MR) is 69.9 cm³/mol. The predicted octanol–water partition coefficient (Wildman–Crippen LogP) is 4.13. The summed E-state index contributed by atoms with van der Waals surface area (Å²) in [5.41, 5.74) is 2.73. The average Bonchev–Trinajstić information content (AvgIpc) is 2.34. The normalized spacial score (nSPS) is 11.0. The molecule has 4 nitrogen and oxygen atoms in total. The highest BCUT2D eigenvalue weighted by Gasteiger charge is 2.02. The first kappa shape index (κ1) is 12.1. The summed E-state index contributed by atoms with van der Waals surface area (Å²) in [5.74, 6) is 0.132. The number of hydrogen-bond acceptors (Lipinski definition) is 4. The van der Waals surface area contributed by atoms with Gasteiger partial charge in [0.2, 0.25) is 0 Å². The number of benzene rings is 2. The highest BCUT2D eigenvalue weighted by molar-refractivity contribution is 5.55. The van der Waals surface area contributed by atoms with Gasteiger partial charge in [0.15, 0.2) is 0 Å². The summed E-state index contributed by atoms with van der Waals surface area (Å²) in [7, 11) is 0. The Morgan fingerprint density at radius 1 is 0.722 bits per heavy atom. The van der Waals surface area contributed by atoms with Gasteiger partial charge in [-0.15, -0.1) is 10.2 Å². The van der Waals surface area contributed by atoms with Crippen molar-refractivity contribution in [2.75, 3.05) is 0 Å². The fraction of sp³-hybridized carbons (Fsp3) is 0.143. The molecule has 2 N–H and O–H groups in total. The maximum Gasteiger partial charge on any atom is 0.143 e. The molecule has 0 radical (unpaired) electrons. The number of azo groups is 1. The molecule has 0 amide bonds. The molecule has 0 aliphatic heterocycles. The Morgan fingerprint density at radius 3 is 1.50 bits per heavy atom. The van der Waals surface area contributed by atoms with Crippen LogP contribution in [0.15, 0.2) is 46.6 Å². The third kappa shape index (κ3) is 2.66. The van der Waals surface area contributed by atoms with Crippen LogP contribution in [0.4, 0.5) is 11.4 Å². The van der Waals surface area contributed by atoms with Crippen LogP contribution in [-0.4, -0.2) is 10.2 Å². The Labute approximate surface area is 105 Å². The molecule has 0 atom stereocenters. The second-order valence-corrected chi connectivity index (χ2v) is 4.18. The van der Waals surface area contributed by atoms with Crippen molar-refractivity contribution in [2.45, 2.75) is 13.8 Å². The number of rotatable bonds is 2. The molecule has 0 bridgehead atoms. The third-order valence-corrected chi connectivity index (χ3v) is 2.53. The molecule has 0 fully saturated rings. The summed E-state index contributed by atoms with van der Waals surface area (Å²) in [4.78, 5) is 0. The number of aromatic hydroxyl groups is 2. The molecular weight excluding hydrogens is 228 g/mol. The second kappa shape index (κ2) is 4.87. The number of phenolic OH excluding ortho intramolecular Hbond substituents is 2. The number of phenols is 2. The Balaban J connectivity index is 2.35. The summed E-state index contributed by atoms with van der Waals surface area (Å²) in [6.45, 7) is 3.81. The van der Waals surface area contributed by atoms with Crippen molar-refractivity contribution in [1.82, 2.24) is 0 Å². The molecule has 0 saturated heterocycles. The van der Waals surface area contributed by atoms with Crippen molar-refractivity contribution < 1.29 is 10.2 Å². The van der Waals surface area contributed by atoms with Crippen molar-refractivity contribution in [3.63, 3.8) is 0 Å². The van der Waals surface area contributed by atoms with E-state index in [0.717, 1.165) is 11.1 Å². The standard InChI is InChI=1S/C14H14N2O2/c1-9-3-5-13(17)11(7-9)15-16-12-8-10(2)4-6-14(12)18/h3-8,17-18H,1-2H3. The minimum absolute atomic E-state index is 0.0662. The van der Waals surface area contributed by atoms with Crippen LogP contribution in [0.1, 0.15) is 11.1 Å². The van der Waals surface area contributed by atoms with Crippen LogP contribution in [-0.2, 0) is 0 Å². The summed E-state index contributed by atoms with van der Waals surface area (Å²) >= 11 is 0. The molecule has 0 aromatic heterocycles. The molecule has 0 heterocycles. The van der Waals surface area contributed by atoms with Gasteiger partial charge >= 0.3 is 0 Å². The van der Waals surface area contributed by atoms with Crippen molar-refractivity contribution in [3.05, 3.63) is 47.5 Å². The fourth-order valence-electron chi connectivity index (χ4n) is 1.53. The smallest absolute Gasteiger partial charge is 0.143 e. The molecule has 2 aromatic rings. The highest BCUT2D eigenvalue weighted by Crippen LogP contribution is 2.32. The van der Waals surface area contributed by atoms with E-state index in [1.165, 1.54) is 0 Å². The first-order valence-corrected chi connectivity index (χ1v) is 5.57. The molecule has 18 heavy (non-hydrogen) atoms. The molecule has 2 rings (SSSR count). The minimum Gasteiger partial charge on any atom is -0.506 e. The van der Waals surface area contributed by atoms with E-state index in [2.05, 4.69) is 10.2 Å². The van der Waals surface area contributed by atoms with E-state index < -0.39 is 0 Å². The summed E-state index contributed by atoms with van der Waals surface area (Å²) in [5, 5.41) is 27.1. The van der Waals surface area contributed by atoms with Gasteiger partial charge in [0, 0.05) is 0 Å². The quantitative estimate of drug-likeness (QED) is 0.777. The Kier molecular flexibility index (Phi) is 3.28. The van der Waals surface area contributed by atoms with Crippen molar-refractivity contribution >= 4 is 11.4 Å². The Morgan fingerprint density at radius 2 is 1.11 bits per heavy atom. The topological polar surface area (TPSA) is 65.2 Å². The largest absolute Gasteiger partial charge is 0.506 e. The lowest BCUT2D eigenvalue weighted by Gasteiger charge is -2.01.